The molecule has 0 saturated carbocycles. The topological polar surface area (TPSA) is 40.5 Å². The zero-order valence-electron chi connectivity index (χ0n) is 10.3. The zero-order chi connectivity index (χ0) is 12.2. The molecule has 15 heavy (non-hydrogen) atoms. The Balaban J connectivity index is 4.48. The average molecular weight is 233 g/mol. The number of aliphatic hydroxyl groups is 1. The van der Waals surface area contributed by atoms with Crippen molar-refractivity contribution in [3.8, 4) is 0 Å². The second kappa shape index (κ2) is 5.75. The first-order chi connectivity index (χ1) is 6.69. The maximum absolute atomic E-state index is 11.9. The highest BCUT2D eigenvalue weighted by Crippen LogP contribution is 2.14. The molecule has 0 heterocycles. The molecular formula is C11H23NO2S. The smallest absolute Gasteiger partial charge is 0.235 e. The van der Waals surface area contributed by atoms with Gasteiger partial charge < -0.3 is 10.0 Å². The van der Waals surface area contributed by atoms with E-state index in [9.17, 15) is 9.90 Å². The van der Waals surface area contributed by atoms with E-state index in [1.165, 1.54) is 0 Å². The minimum atomic E-state index is -0.851. The third-order valence-electron chi connectivity index (χ3n) is 2.16. The molecule has 1 amide bonds. The molecule has 1 atom stereocenters. The van der Waals surface area contributed by atoms with Crippen molar-refractivity contribution in [3.63, 3.8) is 0 Å². The summed E-state index contributed by atoms with van der Waals surface area (Å²) in [5.41, 5.74) is -0.851. The molecule has 0 aromatic rings. The van der Waals surface area contributed by atoms with Gasteiger partial charge in [-0.05, 0) is 26.7 Å². The highest BCUT2D eigenvalue weighted by molar-refractivity contribution is 7.81. The maximum atomic E-state index is 11.9. The minimum absolute atomic E-state index is 0.00189. The highest BCUT2D eigenvalue weighted by Gasteiger charge is 2.26. The Hall–Kier alpha value is -0.220. The van der Waals surface area contributed by atoms with Crippen molar-refractivity contribution in [2.75, 3.05) is 13.1 Å². The van der Waals surface area contributed by atoms with Gasteiger partial charge in [-0.15, -0.1) is 0 Å². The van der Waals surface area contributed by atoms with Crippen LogP contribution in [0.5, 0.6) is 0 Å². The molecule has 1 unspecified atom stereocenters. The number of likely N-dealkylation sites (N-methyl/N-ethyl adjacent to an activating group) is 1. The molecule has 0 saturated heterocycles. The molecule has 0 radical (unpaired) electrons. The summed E-state index contributed by atoms with van der Waals surface area (Å²) in [5.74, 6) is 0.203. The van der Waals surface area contributed by atoms with E-state index in [1.54, 1.807) is 18.7 Å². The van der Waals surface area contributed by atoms with Crippen LogP contribution >= 0.6 is 12.6 Å². The maximum Gasteiger partial charge on any atom is 0.235 e. The van der Waals surface area contributed by atoms with E-state index in [1.807, 2.05) is 20.8 Å². The largest absolute Gasteiger partial charge is 0.389 e. The summed E-state index contributed by atoms with van der Waals surface area (Å²) in [6.45, 7) is 10.2. The second-order valence-electron chi connectivity index (χ2n) is 4.85. The van der Waals surface area contributed by atoms with Gasteiger partial charge in [-0.25, -0.2) is 0 Å². The highest BCUT2D eigenvalue weighted by atomic mass is 32.1. The SMILES string of the molecule is CCN(CC(C)(C)O)C(=O)C(S)C(C)C. The molecular weight excluding hydrogens is 210 g/mol. The first-order valence-corrected chi connectivity index (χ1v) is 5.90. The van der Waals surface area contributed by atoms with Gasteiger partial charge in [-0.2, -0.15) is 12.6 Å². The van der Waals surface area contributed by atoms with Crippen LogP contribution in [-0.4, -0.2) is 39.9 Å². The molecule has 3 nitrogen and oxygen atoms in total. The summed E-state index contributed by atoms with van der Waals surface area (Å²) in [6, 6.07) is 0. The number of amides is 1. The van der Waals surface area contributed by atoms with Gasteiger partial charge >= 0.3 is 0 Å². The number of rotatable bonds is 5. The minimum Gasteiger partial charge on any atom is -0.389 e. The normalized spacial score (nSPS) is 14.1. The molecule has 0 aliphatic carbocycles. The summed E-state index contributed by atoms with van der Waals surface area (Å²) in [4.78, 5) is 13.6. The molecule has 0 aliphatic heterocycles. The lowest BCUT2D eigenvalue weighted by atomic mass is 10.1. The molecule has 0 aliphatic rings. The molecule has 1 N–H and O–H groups in total. The van der Waals surface area contributed by atoms with Crippen LogP contribution in [0.15, 0.2) is 0 Å². The zero-order valence-corrected chi connectivity index (χ0v) is 11.2. The van der Waals surface area contributed by atoms with Gasteiger partial charge in [0, 0.05) is 13.1 Å². The van der Waals surface area contributed by atoms with Crippen LogP contribution in [0.1, 0.15) is 34.6 Å². The number of hydrogen-bond acceptors (Lipinski definition) is 3. The summed E-state index contributed by atoms with van der Waals surface area (Å²) < 4.78 is 0. The van der Waals surface area contributed by atoms with Crippen molar-refractivity contribution >= 4 is 18.5 Å². The Morgan fingerprint density at radius 1 is 1.47 bits per heavy atom. The van der Waals surface area contributed by atoms with Crippen LogP contribution in [0, 0.1) is 5.92 Å². The number of carbonyl (C=O) groups is 1. The predicted molar refractivity (Wildman–Crippen MR) is 66.2 cm³/mol. The van der Waals surface area contributed by atoms with E-state index >= 15 is 0 Å². The van der Waals surface area contributed by atoms with Crippen molar-refractivity contribution < 1.29 is 9.90 Å². The third-order valence-corrected chi connectivity index (χ3v) is 2.97. The number of thiol groups is 1. The quantitative estimate of drug-likeness (QED) is 0.708. The number of nitrogens with zero attached hydrogens (tertiary/aromatic N) is 1. The van der Waals surface area contributed by atoms with E-state index in [0.717, 1.165) is 0 Å². The van der Waals surface area contributed by atoms with Gasteiger partial charge in [0.05, 0.1) is 10.9 Å². The van der Waals surface area contributed by atoms with Crippen LogP contribution in [0.2, 0.25) is 0 Å². The van der Waals surface area contributed by atoms with Crippen LogP contribution in [0.25, 0.3) is 0 Å². The second-order valence-corrected chi connectivity index (χ2v) is 5.41. The van der Waals surface area contributed by atoms with E-state index < -0.39 is 5.60 Å². The van der Waals surface area contributed by atoms with E-state index in [0.29, 0.717) is 13.1 Å². The Kier molecular flexibility index (Phi) is 5.67. The molecule has 0 spiro atoms. The van der Waals surface area contributed by atoms with Crippen LogP contribution in [0.3, 0.4) is 0 Å². The first kappa shape index (κ1) is 14.8. The number of carbonyl (C=O) groups excluding carboxylic acids is 1. The van der Waals surface area contributed by atoms with E-state index in [2.05, 4.69) is 12.6 Å². The van der Waals surface area contributed by atoms with Crippen molar-refractivity contribution in [2.45, 2.75) is 45.5 Å². The third kappa shape index (κ3) is 5.42. The Morgan fingerprint density at radius 3 is 2.20 bits per heavy atom. The van der Waals surface area contributed by atoms with Crippen LogP contribution in [-0.2, 0) is 4.79 Å². The van der Waals surface area contributed by atoms with Crippen molar-refractivity contribution in [1.82, 2.24) is 4.90 Å². The standard InChI is InChI=1S/C11H23NO2S/c1-6-12(7-11(4,5)14)10(13)9(15)8(2)3/h8-9,14-15H,6-7H2,1-5H3. The molecule has 4 heteroatoms. The van der Waals surface area contributed by atoms with E-state index in [-0.39, 0.29) is 17.1 Å². The summed E-state index contributed by atoms with van der Waals surface area (Å²) in [5, 5.41) is 9.38. The summed E-state index contributed by atoms with van der Waals surface area (Å²) in [7, 11) is 0. The average Bonchev–Trinajstić information content (AvgIpc) is 2.10. The fraction of sp³-hybridized carbons (Fsp3) is 0.909. The molecule has 90 valence electrons. The lowest BCUT2D eigenvalue weighted by Crippen LogP contribution is -2.46. The Morgan fingerprint density at radius 2 is 1.93 bits per heavy atom. The summed E-state index contributed by atoms with van der Waals surface area (Å²) in [6.07, 6.45) is 0. The fourth-order valence-electron chi connectivity index (χ4n) is 1.28. The van der Waals surface area contributed by atoms with Gasteiger partial charge in [-0.3, -0.25) is 4.79 Å². The molecule has 0 aromatic carbocycles. The Bertz CT molecular complexity index is 211. The van der Waals surface area contributed by atoms with Crippen molar-refractivity contribution in [1.29, 1.82) is 0 Å². The van der Waals surface area contributed by atoms with Crippen LogP contribution < -0.4 is 0 Å². The van der Waals surface area contributed by atoms with Gasteiger partial charge in [0.25, 0.3) is 0 Å². The van der Waals surface area contributed by atoms with E-state index in [4.69, 9.17) is 0 Å². The van der Waals surface area contributed by atoms with Crippen LogP contribution in [0.4, 0.5) is 0 Å². The van der Waals surface area contributed by atoms with Gasteiger partial charge in [0.1, 0.15) is 0 Å². The first-order valence-electron chi connectivity index (χ1n) is 5.38. The Labute approximate surface area is 98.3 Å². The van der Waals surface area contributed by atoms with Crippen molar-refractivity contribution in [3.05, 3.63) is 0 Å². The molecule has 0 bridgehead atoms. The van der Waals surface area contributed by atoms with Gasteiger partial charge in [0.15, 0.2) is 0 Å². The molecule has 0 rings (SSSR count). The fourth-order valence-corrected chi connectivity index (χ4v) is 1.45. The number of hydrogen-bond donors (Lipinski definition) is 2. The molecule has 0 aromatic heterocycles. The van der Waals surface area contributed by atoms with Gasteiger partial charge in [0.2, 0.25) is 5.91 Å². The lowest BCUT2D eigenvalue weighted by molar-refractivity contribution is -0.134. The molecule has 0 fully saturated rings. The van der Waals surface area contributed by atoms with Crippen molar-refractivity contribution in [2.24, 2.45) is 5.92 Å². The monoisotopic (exact) mass is 233 g/mol. The lowest BCUT2D eigenvalue weighted by Gasteiger charge is -2.30. The predicted octanol–water partition coefficient (Wildman–Crippen LogP) is 1.56. The van der Waals surface area contributed by atoms with Gasteiger partial charge in [-0.1, -0.05) is 13.8 Å². The summed E-state index contributed by atoms with van der Waals surface area (Å²) >= 11 is 4.29.